The minimum Gasteiger partial charge on any atom is -0.493 e. The summed E-state index contributed by atoms with van der Waals surface area (Å²) in [6.07, 6.45) is 13.7. The molecule has 0 aliphatic carbocycles. The van der Waals surface area contributed by atoms with Gasteiger partial charge in [0.05, 0.1) is 6.61 Å². The van der Waals surface area contributed by atoms with Crippen LogP contribution in [0.15, 0.2) is 18.2 Å². The summed E-state index contributed by atoms with van der Waals surface area (Å²) in [5.74, 6) is 1.06. The van der Waals surface area contributed by atoms with Gasteiger partial charge in [0.1, 0.15) is 5.75 Å². The number of ether oxygens (including phenoxy) is 1. The highest BCUT2D eigenvalue weighted by Crippen LogP contribution is 2.21. The molecule has 0 unspecified atom stereocenters. The first kappa shape index (κ1) is 18.1. The lowest BCUT2D eigenvalue weighted by atomic mass is 10.1. The summed E-state index contributed by atoms with van der Waals surface area (Å²) >= 11 is 0. The van der Waals surface area contributed by atoms with Crippen LogP contribution in [-0.4, -0.2) is 6.61 Å². The molecule has 1 aromatic rings. The van der Waals surface area contributed by atoms with E-state index in [0.29, 0.717) is 0 Å². The van der Waals surface area contributed by atoms with Gasteiger partial charge in [-0.1, -0.05) is 76.8 Å². The summed E-state index contributed by atoms with van der Waals surface area (Å²) in [4.78, 5) is 0. The van der Waals surface area contributed by atoms with Crippen molar-refractivity contribution < 1.29 is 4.74 Å². The van der Waals surface area contributed by atoms with Crippen LogP contribution in [0.4, 0.5) is 0 Å². The normalized spacial score (nSPS) is 10.8. The van der Waals surface area contributed by atoms with Gasteiger partial charge in [-0.2, -0.15) is 0 Å². The highest BCUT2D eigenvalue weighted by atomic mass is 16.5. The quantitative estimate of drug-likeness (QED) is 0.394. The Labute approximate surface area is 132 Å². The molecule has 0 N–H and O–H groups in total. The molecular weight excluding hydrogens is 256 g/mol. The molecule has 1 nitrogen and oxygen atoms in total. The summed E-state index contributed by atoms with van der Waals surface area (Å²) in [5, 5.41) is 0. The van der Waals surface area contributed by atoms with E-state index in [1.165, 1.54) is 75.3 Å². The van der Waals surface area contributed by atoms with Gasteiger partial charge in [0.25, 0.3) is 0 Å². The number of unbranched alkanes of at least 4 members (excludes halogenated alkanes) is 9. The van der Waals surface area contributed by atoms with Gasteiger partial charge in [-0.3, -0.25) is 0 Å². The number of hydrogen-bond donors (Lipinski definition) is 0. The van der Waals surface area contributed by atoms with Crippen LogP contribution in [0.2, 0.25) is 0 Å². The largest absolute Gasteiger partial charge is 0.493 e. The maximum absolute atomic E-state index is 5.89. The van der Waals surface area contributed by atoms with Gasteiger partial charge >= 0.3 is 0 Å². The van der Waals surface area contributed by atoms with Crippen molar-refractivity contribution in [2.75, 3.05) is 6.61 Å². The fourth-order valence-electron chi connectivity index (χ4n) is 2.65. The lowest BCUT2D eigenvalue weighted by molar-refractivity contribution is 0.302. The van der Waals surface area contributed by atoms with Crippen LogP contribution < -0.4 is 4.74 Å². The molecule has 0 saturated heterocycles. The Balaban J connectivity index is 1.94. The average molecular weight is 290 g/mol. The highest BCUT2D eigenvalue weighted by molar-refractivity contribution is 5.38. The molecular formula is C20H34O. The second kappa shape index (κ2) is 11.7. The fourth-order valence-corrected chi connectivity index (χ4v) is 2.65. The third-order valence-electron chi connectivity index (χ3n) is 4.31. The third-order valence-corrected chi connectivity index (χ3v) is 4.31. The molecule has 21 heavy (non-hydrogen) atoms. The van der Waals surface area contributed by atoms with Crippen LogP contribution in [0.25, 0.3) is 0 Å². The number of rotatable bonds is 12. The van der Waals surface area contributed by atoms with Crippen molar-refractivity contribution in [2.24, 2.45) is 0 Å². The summed E-state index contributed by atoms with van der Waals surface area (Å²) in [7, 11) is 0. The maximum atomic E-state index is 5.89. The first-order chi connectivity index (χ1) is 10.3. The molecule has 0 radical (unpaired) electrons. The molecule has 0 fully saturated rings. The van der Waals surface area contributed by atoms with E-state index in [4.69, 9.17) is 4.74 Å². The lowest BCUT2D eigenvalue weighted by Gasteiger charge is -2.10. The Morgan fingerprint density at radius 1 is 0.762 bits per heavy atom. The van der Waals surface area contributed by atoms with E-state index in [1.807, 2.05) is 0 Å². The van der Waals surface area contributed by atoms with E-state index in [9.17, 15) is 0 Å². The first-order valence-corrected chi connectivity index (χ1v) is 8.94. The zero-order valence-corrected chi connectivity index (χ0v) is 14.4. The zero-order valence-electron chi connectivity index (χ0n) is 14.4. The second-order valence-corrected chi connectivity index (χ2v) is 6.23. The SMILES string of the molecule is CCCCCCCCCCCCOc1cccc(C)c1C. The minimum absolute atomic E-state index is 0.862. The van der Waals surface area contributed by atoms with Gasteiger partial charge in [0, 0.05) is 0 Å². The number of benzene rings is 1. The molecule has 0 amide bonds. The summed E-state index contributed by atoms with van der Waals surface area (Å²) in [5.41, 5.74) is 2.60. The third kappa shape index (κ3) is 8.14. The van der Waals surface area contributed by atoms with Crippen molar-refractivity contribution in [2.45, 2.75) is 85.0 Å². The Bertz CT molecular complexity index is 370. The molecule has 0 aliphatic rings. The van der Waals surface area contributed by atoms with Crippen LogP contribution >= 0.6 is 0 Å². The van der Waals surface area contributed by atoms with Crippen molar-refractivity contribution >= 4 is 0 Å². The first-order valence-electron chi connectivity index (χ1n) is 8.94. The second-order valence-electron chi connectivity index (χ2n) is 6.23. The Morgan fingerprint density at radius 2 is 1.33 bits per heavy atom. The van der Waals surface area contributed by atoms with Crippen molar-refractivity contribution in [1.29, 1.82) is 0 Å². The van der Waals surface area contributed by atoms with Gasteiger partial charge < -0.3 is 4.74 Å². The van der Waals surface area contributed by atoms with Gasteiger partial charge in [-0.15, -0.1) is 0 Å². The Hall–Kier alpha value is -0.980. The summed E-state index contributed by atoms with van der Waals surface area (Å²) in [6, 6.07) is 6.30. The predicted molar refractivity (Wildman–Crippen MR) is 93.3 cm³/mol. The fraction of sp³-hybridized carbons (Fsp3) is 0.700. The highest BCUT2D eigenvalue weighted by Gasteiger charge is 2.01. The van der Waals surface area contributed by atoms with Crippen LogP contribution in [0.3, 0.4) is 0 Å². The van der Waals surface area contributed by atoms with E-state index in [-0.39, 0.29) is 0 Å². The number of aryl methyl sites for hydroxylation is 1. The van der Waals surface area contributed by atoms with E-state index in [1.54, 1.807) is 0 Å². The van der Waals surface area contributed by atoms with Crippen LogP contribution in [0.1, 0.15) is 82.3 Å². The van der Waals surface area contributed by atoms with Crippen molar-refractivity contribution in [3.05, 3.63) is 29.3 Å². The van der Waals surface area contributed by atoms with E-state index in [2.05, 4.69) is 39.0 Å². The van der Waals surface area contributed by atoms with Crippen molar-refractivity contribution in [3.8, 4) is 5.75 Å². The smallest absolute Gasteiger partial charge is 0.122 e. The maximum Gasteiger partial charge on any atom is 0.122 e. The van der Waals surface area contributed by atoms with Gasteiger partial charge in [-0.05, 0) is 37.5 Å². The molecule has 0 saturated carbocycles. The van der Waals surface area contributed by atoms with E-state index < -0.39 is 0 Å². The van der Waals surface area contributed by atoms with Crippen LogP contribution in [0, 0.1) is 13.8 Å². The molecule has 1 heteroatoms. The van der Waals surface area contributed by atoms with Crippen molar-refractivity contribution in [1.82, 2.24) is 0 Å². The molecule has 0 atom stereocenters. The van der Waals surface area contributed by atoms with Crippen LogP contribution in [-0.2, 0) is 0 Å². The van der Waals surface area contributed by atoms with Gasteiger partial charge in [0.2, 0.25) is 0 Å². The molecule has 0 spiro atoms. The Kier molecular flexibility index (Phi) is 10.0. The molecule has 0 heterocycles. The van der Waals surface area contributed by atoms with E-state index in [0.717, 1.165) is 12.4 Å². The lowest BCUT2D eigenvalue weighted by Crippen LogP contribution is -1.99. The summed E-state index contributed by atoms with van der Waals surface area (Å²) in [6.45, 7) is 7.42. The van der Waals surface area contributed by atoms with Crippen molar-refractivity contribution in [3.63, 3.8) is 0 Å². The topological polar surface area (TPSA) is 9.23 Å². The van der Waals surface area contributed by atoms with Crippen LogP contribution in [0.5, 0.6) is 5.75 Å². The van der Waals surface area contributed by atoms with E-state index >= 15 is 0 Å². The molecule has 1 aromatic carbocycles. The van der Waals surface area contributed by atoms with Gasteiger partial charge in [0.15, 0.2) is 0 Å². The van der Waals surface area contributed by atoms with Gasteiger partial charge in [-0.25, -0.2) is 0 Å². The molecule has 0 aliphatic heterocycles. The zero-order chi connectivity index (χ0) is 15.3. The predicted octanol–water partition coefficient (Wildman–Crippen LogP) is 6.60. The molecule has 1 rings (SSSR count). The molecule has 120 valence electrons. The molecule has 0 bridgehead atoms. The molecule has 0 aromatic heterocycles. The Morgan fingerprint density at radius 3 is 1.95 bits per heavy atom. The summed E-state index contributed by atoms with van der Waals surface area (Å²) < 4.78 is 5.89. The average Bonchev–Trinajstić information content (AvgIpc) is 2.49. The standard InChI is InChI=1S/C20H34O/c1-4-5-6-7-8-9-10-11-12-13-17-21-20-16-14-15-18(2)19(20)3/h14-16H,4-13,17H2,1-3H3. The number of hydrogen-bond acceptors (Lipinski definition) is 1. The monoisotopic (exact) mass is 290 g/mol. The minimum atomic E-state index is 0.862.